The summed E-state index contributed by atoms with van der Waals surface area (Å²) >= 11 is 3.45. The maximum absolute atomic E-state index is 12.2. The van der Waals surface area contributed by atoms with Crippen LogP contribution in [0, 0.1) is 11.3 Å². The zero-order valence-corrected chi connectivity index (χ0v) is 12.8. The van der Waals surface area contributed by atoms with Gasteiger partial charge >= 0.3 is 0 Å². The van der Waals surface area contributed by atoms with Crippen LogP contribution in [0.2, 0.25) is 0 Å². The molecule has 1 aliphatic rings. The molecule has 100 valence electrons. The van der Waals surface area contributed by atoms with E-state index in [2.05, 4.69) is 42.0 Å². The van der Waals surface area contributed by atoms with Gasteiger partial charge in [-0.15, -0.1) is 0 Å². The second-order valence-electron chi connectivity index (χ2n) is 5.88. The fourth-order valence-electron chi connectivity index (χ4n) is 2.19. The second kappa shape index (κ2) is 6.19. The number of hydrogen-bond acceptors (Lipinski definition) is 2. The van der Waals surface area contributed by atoms with E-state index in [0.29, 0.717) is 6.61 Å². The van der Waals surface area contributed by atoms with Crippen molar-refractivity contribution in [3.05, 3.63) is 0 Å². The van der Waals surface area contributed by atoms with Crippen molar-refractivity contribution in [3.63, 3.8) is 0 Å². The third kappa shape index (κ3) is 4.25. The predicted octanol–water partition coefficient (Wildman–Crippen LogP) is 2.73. The molecule has 0 aromatic rings. The summed E-state index contributed by atoms with van der Waals surface area (Å²) in [7, 11) is 0. The summed E-state index contributed by atoms with van der Waals surface area (Å²) in [5.41, 5.74) is 0.0894. The fourth-order valence-corrected chi connectivity index (χ4v) is 2.64. The zero-order valence-electron chi connectivity index (χ0n) is 11.3. The van der Waals surface area contributed by atoms with Gasteiger partial charge in [-0.1, -0.05) is 36.7 Å². The Balaban J connectivity index is 2.57. The minimum absolute atomic E-state index is 0.0233. The summed E-state index contributed by atoms with van der Waals surface area (Å²) in [5, 5.41) is 4.09. The topological polar surface area (TPSA) is 38.3 Å². The Morgan fingerprint density at radius 3 is 2.59 bits per heavy atom. The number of hydrogen-bond donors (Lipinski definition) is 1. The predicted molar refractivity (Wildman–Crippen MR) is 73.3 cm³/mol. The van der Waals surface area contributed by atoms with Gasteiger partial charge in [-0.3, -0.25) is 4.79 Å². The standard InChI is InChI=1S/C13H24BrNO2/c1-9-10(6-8-17-9)12(16)15-11(5-7-14)13(2,3)4/h9-11H,5-8H2,1-4H3,(H,15,16). The summed E-state index contributed by atoms with van der Waals surface area (Å²) in [6.07, 6.45) is 1.86. The first kappa shape index (κ1) is 15.0. The molecule has 3 unspecified atom stereocenters. The van der Waals surface area contributed by atoms with Crippen LogP contribution in [-0.2, 0) is 9.53 Å². The van der Waals surface area contributed by atoms with Gasteiger partial charge in [0.2, 0.25) is 5.91 Å². The molecule has 1 fully saturated rings. The van der Waals surface area contributed by atoms with Crippen LogP contribution in [0.15, 0.2) is 0 Å². The van der Waals surface area contributed by atoms with Crippen molar-refractivity contribution < 1.29 is 9.53 Å². The second-order valence-corrected chi connectivity index (χ2v) is 6.67. The van der Waals surface area contributed by atoms with Crippen molar-refractivity contribution >= 4 is 21.8 Å². The molecule has 0 aliphatic carbocycles. The first-order chi connectivity index (χ1) is 7.86. The van der Waals surface area contributed by atoms with Crippen molar-refractivity contribution in [3.8, 4) is 0 Å². The average Bonchev–Trinajstić information content (AvgIpc) is 2.62. The first-order valence-electron chi connectivity index (χ1n) is 6.34. The lowest BCUT2D eigenvalue weighted by molar-refractivity contribution is -0.127. The van der Waals surface area contributed by atoms with E-state index in [9.17, 15) is 4.79 Å². The maximum atomic E-state index is 12.2. The van der Waals surface area contributed by atoms with Crippen LogP contribution >= 0.6 is 15.9 Å². The Kier molecular flexibility index (Phi) is 5.45. The molecular formula is C13H24BrNO2. The van der Waals surface area contributed by atoms with Crippen molar-refractivity contribution in [1.29, 1.82) is 0 Å². The van der Waals surface area contributed by atoms with Crippen LogP contribution < -0.4 is 5.32 Å². The van der Waals surface area contributed by atoms with Crippen molar-refractivity contribution in [2.24, 2.45) is 11.3 Å². The molecule has 0 bridgehead atoms. The summed E-state index contributed by atoms with van der Waals surface area (Å²) in [6.45, 7) is 9.17. The molecule has 1 heterocycles. The molecule has 17 heavy (non-hydrogen) atoms. The Morgan fingerprint density at radius 1 is 1.53 bits per heavy atom. The first-order valence-corrected chi connectivity index (χ1v) is 7.46. The lowest BCUT2D eigenvalue weighted by atomic mass is 9.84. The van der Waals surface area contributed by atoms with Gasteiger partial charge in [0, 0.05) is 18.0 Å². The van der Waals surface area contributed by atoms with E-state index in [1.165, 1.54) is 0 Å². The lowest BCUT2D eigenvalue weighted by Crippen LogP contribution is -2.47. The van der Waals surface area contributed by atoms with Gasteiger partial charge in [-0.25, -0.2) is 0 Å². The number of nitrogens with one attached hydrogen (secondary N) is 1. The molecule has 4 heteroatoms. The molecule has 1 amide bonds. The lowest BCUT2D eigenvalue weighted by Gasteiger charge is -2.32. The SMILES string of the molecule is CC1OCCC1C(=O)NC(CCBr)C(C)(C)C. The summed E-state index contributed by atoms with van der Waals surface area (Å²) < 4.78 is 5.44. The Hall–Kier alpha value is -0.0900. The zero-order chi connectivity index (χ0) is 13.1. The Morgan fingerprint density at radius 2 is 2.18 bits per heavy atom. The molecule has 1 N–H and O–H groups in total. The molecule has 0 saturated carbocycles. The van der Waals surface area contributed by atoms with Gasteiger partial charge < -0.3 is 10.1 Å². The van der Waals surface area contributed by atoms with E-state index in [1.54, 1.807) is 0 Å². The molecule has 0 aromatic carbocycles. The molecule has 1 aliphatic heterocycles. The molecular weight excluding hydrogens is 282 g/mol. The number of amides is 1. The van der Waals surface area contributed by atoms with Gasteiger partial charge in [0.05, 0.1) is 12.0 Å². The smallest absolute Gasteiger partial charge is 0.226 e. The van der Waals surface area contributed by atoms with E-state index in [1.807, 2.05) is 6.92 Å². The molecule has 0 aromatic heterocycles. The van der Waals surface area contributed by atoms with Crippen LogP contribution in [0.25, 0.3) is 0 Å². The number of rotatable bonds is 4. The third-order valence-electron chi connectivity index (χ3n) is 3.47. The number of alkyl halides is 1. The van der Waals surface area contributed by atoms with Crippen LogP contribution in [0.3, 0.4) is 0 Å². The fraction of sp³-hybridized carbons (Fsp3) is 0.923. The van der Waals surface area contributed by atoms with Gasteiger partial charge in [0.1, 0.15) is 0 Å². The van der Waals surface area contributed by atoms with E-state index >= 15 is 0 Å². The van der Waals surface area contributed by atoms with E-state index < -0.39 is 0 Å². The minimum Gasteiger partial charge on any atom is -0.378 e. The molecule has 0 spiro atoms. The summed E-state index contributed by atoms with van der Waals surface area (Å²) in [4.78, 5) is 12.2. The molecule has 3 nitrogen and oxygen atoms in total. The Bertz CT molecular complexity index is 263. The summed E-state index contributed by atoms with van der Waals surface area (Å²) in [6, 6.07) is 0.210. The van der Waals surface area contributed by atoms with Gasteiger partial charge in [-0.2, -0.15) is 0 Å². The highest BCUT2D eigenvalue weighted by Gasteiger charge is 2.34. The highest BCUT2D eigenvalue weighted by molar-refractivity contribution is 9.09. The highest BCUT2D eigenvalue weighted by atomic mass is 79.9. The van der Waals surface area contributed by atoms with Gasteiger partial charge in [0.15, 0.2) is 0 Å². The normalized spacial score (nSPS) is 26.9. The highest BCUT2D eigenvalue weighted by Crippen LogP contribution is 2.25. The molecule has 3 atom stereocenters. The maximum Gasteiger partial charge on any atom is 0.226 e. The third-order valence-corrected chi connectivity index (χ3v) is 3.93. The molecule has 0 radical (unpaired) electrons. The minimum atomic E-state index is 0.0233. The number of ether oxygens (including phenoxy) is 1. The van der Waals surface area contributed by atoms with E-state index in [0.717, 1.165) is 18.2 Å². The van der Waals surface area contributed by atoms with Crippen molar-refractivity contribution in [2.75, 3.05) is 11.9 Å². The monoisotopic (exact) mass is 305 g/mol. The van der Waals surface area contributed by atoms with Crippen LogP contribution in [0.5, 0.6) is 0 Å². The van der Waals surface area contributed by atoms with Gasteiger partial charge in [-0.05, 0) is 25.2 Å². The molecule has 1 rings (SSSR count). The molecule has 1 saturated heterocycles. The van der Waals surface area contributed by atoms with Crippen LogP contribution in [0.1, 0.15) is 40.5 Å². The quantitative estimate of drug-likeness (QED) is 0.811. The summed E-state index contributed by atoms with van der Waals surface area (Å²) in [5.74, 6) is 0.172. The van der Waals surface area contributed by atoms with Crippen LogP contribution in [-0.4, -0.2) is 30.0 Å². The largest absolute Gasteiger partial charge is 0.378 e. The van der Waals surface area contributed by atoms with Crippen molar-refractivity contribution in [1.82, 2.24) is 5.32 Å². The van der Waals surface area contributed by atoms with Crippen LogP contribution in [0.4, 0.5) is 0 Å². The van der Waals surface area contributed by atoms with E-state index in [-0.39, 0.29) is 29.4 Å². The van der Waals surface area contributed by atoms with E-state index in [4.69, 9.17) is 4.74 Å². The Labute approximate surface area is 113 Å². The number of carbonyl (C=O) groups excluding carboxylic acids is 1. The average molecular weight is 306 g/mol. The van der Waals surface area contributed by atoms with Crippen molar-refractivity contribution in [2.45, 2.75) is 52.7 Å². The number of carbonyl (C=O) groups is 1. The van der Waals surface area contributed by atoms with Gasteiger partial charge in [0.25, 0.3) is 0 Å². The number of halogens is 1.